The standard InChI is InChI=1S/C29H40N6O6/c1-18(2)25-28(40)33-22(16-20-10-5-4-6-11-20)29-34-23(17-41-29)26(38)31-14-8-7-12-21(27(39)35-25)32-24(37)13-9-15-30-19(3)36/h4-6,10-11,17-18,21-22,25H,7-9,12-16H2,1-3H3,(H,30,36)(H,31,38)(H,32,37)(H,33,40)(H,35,39)/t21-,22+,25-/m0/s1. The molecule has 3 atom stereocenters. The van der Waals surface area contributed by atoms with Gasteiger partial charge in [-0.3, -0.25) is 24.0 Å². The van der Waals surface area contributed by atoms with E-state index in [0.717, 1.165) is 5.56 Å². The van der Waals surface area contributed by atoms with Crippen LogP contribution in [0.5, 0.6) is 0 Å². The SMILES string of the molecule is CC(=O)NCCCC(=O)N[C@H]1CCCCNC(=O)c2coc(n2)[C@@H](Cc2ccccc2)NC(=O)[C@H](C(C)C)NC1=O. The molecular weight excluding hydrogens is 528 g/mol. The highest BCUT2D eigenvalue weighted by molar-refractivity contribution is 5.93. The van der Waals surface area contributed by atoms with Gasteiger partial charge < -0.3 is 31.0 Å². The minimum atomic E-state index is -0.898. The second-order valence-electron chi connectivity index (χ2n) is 10.5. The Hall–Kier alpha value is -4.22. The minimum absolute atomic E-state index is 0.109. The Morgan fingerprint density at radius 1 is 1.07 bits per heavy atom. The number of amides is 5. The van der Waals surface area contributed by atoms with Crippen molar-refractivity contribution < 1.29 is 28.4 Å². The summed E-state index contributed by atoms with van der Waals surface area (Å²) in [6.07, 6.45) is 3.59. The maximum absolute atomic E-state index is 13.5. The summed E-state index contributed by atoms with van der Waals surface area (Å²) in [4.78, 5) is 67.6. The van der Waals surface area contributed by atoms with Crippen molar-refractivity contribution in [2.45, 2.75) is 77.4 Å². The van der Waals surface area contributed by atoms with Crippen molar-refractivity contribution in [3.05, 3.63) is 53.7 Å². The first-order chi connectivity index (χ1) is 19.6. The molecule has 1 aliphatic rings. The van der Waals surface area contributed by atoms with Crippen LogP contribution >= 0.6 is 0 Å². The predicted molar refractivity (Wildman–Crippen MR) is 150 cm³/mol. The second kappa shape index (κ2) is 15.5. The molecule has 222 valence electrons. The first-order valence-corrected chi connectivity index (χ1v) is 14.1. The van der Waals surface area contributed by atoms with Gasteiger partial charge in [0.1, 0.15) is 24.4 Å². The quantitative estimate of drug-likeness (QED) is 0.301. The molecule has 0 unspecified atom stereocenters. The number of benzene rings is 1. The van der Waals surface area contributed by atoms with E-state index in [2.05, 4.69) is 31.6 Å². The fraction of sp³-hybridized carbons (Fsp3) is 0.517. The number of fused-ring (bicyclic) bond motifs is 2. The molecule has 0 saturated heterocycles. The van der Waals surface area contributed by atoms with Crippen LogP contribution in [0.3, 0.4) is 0 Å². The van der Waals surface area contributed by atoms with Gasteiger partial charge in [0.15, 0.2) is 5.69 Å². The summed E-state index contributed by atoms with van der Waals surface area (Å²) in [6.45, 7) is 5.73. The summed E-state index contributed by atoms with van der Waals surface area (Å²) >= 11 is 0. The summed E-state index contributed by atoms with van der Waals surface area (Å²) in [5.41, 5.74) is 1.03. The molecule has 12 heteroatoms. The number of nitrogens with one attached hydrogen (secondary N) is 5. The first kappa shape index (κ1) is 31.3. The van der Waals surface area contributed by atoms with Crippen LogP contribution in [0.15, 0.2) is 41.0 Å². The zero-order valence-electron chi connectivity index (χ0n) is 23.8. The van der Waals surface area contributed by atoms with Crippen molar-refractivity contribution in [3.8, 4) is 0 Å². The third-order valence-electron chi connectivity index (χ3n) is 6.71. The number of rotatable bonds is 8. The molecule has 1 aromatic heterocycles. The smallest absolute Gasteiger partial charge is 0.273 e. The highest BCUT2D eigenvalue weighted by atomic mass is 16.3. The van der Waals surface area contributed by atoms with Gasteiger partial charge in [-0.1, -0.05) is 44.2 Å². The van der Waals surface area contributed by atoms with Crippen LogP contribution in [0.2, 0.25) is 0 Å². The van der Waals surface area contributed by atoms with Gasteiger partial charge in [-0.2, -0.15) is 0 Å². The molecule has 41 heavy (non-hydrogen) atoms. The zero-order valence-corrected chi connectivity index (χ0v) is 23.8. The van der Waals surface area contributed by atoms with Gasteiger partial charge in [0.05, 0.1) is 0 Å². The molecule has 0 radical (unpaired) electrons. The van der Waals surface area contributed by atoms with Gasteiger partial charge in [0.2, 0.25) is 29.5 Å². The topological polar surface area (TPSA) is 172 Å². The van der Waals surface area contributed by atoms with E-state index in [1.165, 1.54) is 13.2 Å². The number of hydrogen-bond donors (Lipinski definition) is 5. The fourth-order valence-corrected chi connectivity index (χ4v) is 4.47. The van der Waals surface area contributed by atoms with Gasteiger partial charge >= 0.3 is 0 Å². The van der Waals surface area contributed by atoms with Gasteiger partial charge in [-0.25, -0.2) is 4.98 Å². The monoisotopic (exact) mass is 568 g/mol. The number of carbonyl (C=O) groups is 5. The highest BCUT2D eigenvalue weighted by Gasteiger charge is 2.31. The van der Waals surface area contributed by atoms with Crippen molar-refractivity contribution in [1.29, 1.82) is 0 Å². The molecule has 0 saturated carbocycles. The fourth-order valence-electron chi connectivity index (χ4n) is 4.47. The lowest BCUT2D eigenvalue weighted by Crippen LogP contribution is -2.56. The Kier molecular flexibility index (Phi) is 11.9. The van der Waals surface area contributed by atoms with E-state index >= 15 is 0 Å². The molecule has 1 aromatic carbocycles. The molecule has 0 aliphatic carbocycles. The van der Waals surface area contributed by atoms with Crippen LogP contribution in [0.1, 0.15) is 80.9 Å². The molecule has 2 aromatic rings. The molecule has 1 aliphatic heterocycles. The molecule has 0 fully saturated rings. The van der Waals surface area contributed by atoms with Gasteiger partial charge in [-0.15, -0.1) is 0 Å². The van der Waals surface area contributed by atoms with E-state index < -0.39 is 35.8 Å². The predicted octanol–water partition coefficient (Wildman–Crippen LogP) is 1.53. The Bertz CT molecular complexity index is 1200. The second-order valence-corrected chi connectivity index (χ2v) is 10.5. The normalized spacial score (nSPS) is 20.5. The maximum Gasteiger partial charge on any atom is 0.273 e. The molecular formula is C29H40N6O6. The van der Waals surface area contributed by atoms with Crippen molar-refractivity contribution in [2.75, 3.05) is 13.1 Å². The van der Waals surface area contributed by atoms with E-state index in [0.29, 0.717) is 45.2 Å². The number of oxazole rings is 1. The lowest BCUT2D eigenvalue weighted by molar-refractivity contribution is -0.133. The first-order valence-electron chi connectivity index (χ1n) is 14.1. The molecule has 2 bridgehead atoms. The molecule has 12 nitrogen and oxygen atoms in total. The Labute approximate surface area is 239 Å². The number of carbonyl (C=O) groups excluding carboxylic acids is 5. The molecule has 2 heterocycles. The Morgan fingerprint density at radius 3 is 2.54 bits per heavy atom. The lowest BCUT2D eigenvalue weighted by atomic mass is 10.00. The average molecular weight is 569 g/mol. The van der Waals surface area contributed by atoms with Crippen LogP contribution in [0, 0.1) is 5.92 Å². The van der Waals surface area contributed by atoms with Crippen molar-refractivity contribution in [2.24, 2.45) is 5.92 Å². The van der Waals surface area contributed by atoms with Crippen molar-refractivity contribution >= 4 is 29.5 Å². The number of aromatic nitrogens is 1. The molecule has 5 amide bonds. The number of hydrogen-bond acceptors (Lipinski definition) is 7. The van der Waals surface area contributed by atoms with Gasteiger partial charge in [0, 0.05) is 32.9 Å². The van der Waals surface area contributed by atoms with Gasteiger partial charge in [0.25, 0.3) is 5.91 Å². The zero-order chi connectivity index (χ0) is 29.8. The summed E-state index contributed by atoms with van der Waals surface area (Å²) in [5, 5.41) is 14.0. The van der Waals surface area contributed by atoms with Crippen LogP contribution in [-0.2, 0) is 25.6 Å². The van der Waals surface area contributed by atoms with Crippen LogP contribution < -0.4 is 26.6 Å². The van der Waals surface area contributed by atoms with E-state index in [-0.39, 0.29) is 35.7 Å². The highest BCUT2D eigenvalue weighted by Crippen LogP contribution is 2.20. The van der Waals surface area contributed by atoms with Crippen molar-refractivity contribution in [3.63, 3.8) is 0 Å². The average Bonchev–Trinajstić information content (AvgIpc) is 3.43. The molecule has 0 spiro atoms. The van der Waals surface area contributed by atoms with Crippen LogP contribution in [0.25, 0.3) is 0 Å². The van der Waals surface area contributed by atoms with E-state index in [1.54, 1.807) is 0 Å². The molecule has 3 rings (SSSR count). The Morgan fingerprint density at radius 2 is 1.83 bits per heavy atom. The van der Waals surface area contributed by atoms with Crippen LogP contribution in [0.4, 0.5) is 0 Å². The minimum Gasteiger partial charge on any atom is -0.446 e. The lowest BCUT2D eigenvalue weighted by Gasteiger charge is -2.27. The number of nitrogens with zero attached hydrogens (tertiary/aromatic N) is 1. The van der Waals surface area contributed by atoms with Crippen LogP contribution in [-0.4, -0.2) is 59.7 Å². The Balaban J connectivity index is 1.81. The summed E-state index contributed by atoms with van der Waals surface area (Å²) in [6, 6.07) is 7.01. The summed E-state index contributed by atoms with van der Waals surface area (Å²) in [5.74, 6) is -1.91. The van der Waals surface area contributed by atoms with E-state index in [4.69, 9.17) is 4.42 Å². The third-order valence-corrected chi connectivity index (χ3v) is 6.71. The van der Waals surface area contributed by atoms with Crippen molar-refractivity contribution in [1.82, 2.24) is 31.6 Å². The maximum atomic E-state index is 13.5. The largest absolute Gasteiger partial charge is 0.446 e. The third kappa shape index (κ3) is 10.0. The molecule has 5 N–H and O–H groups in total. The van der Waals surface area contributed by atoms with Gasteiger partial charge in [-0.05, 0) is 37.2 Å². The van der Waals surface area contributed by atoms with E-state index in [1.807, 2.05) is 44.2 Å². The van der Waals surface area contributed by atoms with E-state index in [9.17, 15) is 24.0 Å². The summed E-state index contributed by atoms with van der Waals surface area (Å²) in [7, 11) is 0. The summed E-state index contributed by atoms with van der Waals surface area (Å²) < 4.78 is 5.63.